The molecule has 0 bridgehead atoms. The van der Waals surface area contributed by atoms with E-state index in [0.717, 1.165) is 16.8 Å². The van der Waals surface area contributed by atoms with E-state index in [4.69, 9.17) is 0 Å². The van der Waals surface area contributed by atoms with Crippen molar-refractivity contribution in [3.63, 3.8) is 0 Å². The summed E-state index contributed by atoms with van der Waals surface area (Å²) in [5.41, 5.74) is 2.12. The second kappa shape index (κ2) is 7.35. The van der Waals surface area contributed by atoms with Crippen molar-refractivity contribution in [2.24, 2.45) is 20.7 Å². The normalized spacial score (nSPS) is 20.8. The Morgan fingerprint density at radius 1 is 0.828 bits per heavy atom. The summed E-state index contributed by atoms with van der Waals surface area (Å²) >= 11 is 0. The molecule has 0 radical (unpaired) electrons. The molecular weight excluding hydrogens is 364 g/mol. The van der Waals surface area contributed by atoms with Crippen LogP contribution >= 0.6 is 0 Å². The lowest BCUT2D eigenvalue weighted by Crippen LogP contribution is -2.51. The molecule has 1 atom stereocenters. The molecular formula is C23H26N4O2. The summed E-state index contributed by atoms with van der Waals surface area (Å²) < 4.78 is 0. The van der Waals surface area contributed by atoms with Gasteiger partial charge in [0.15, 0.2) is 5.66 Å². The average molecular weight is 390 g/mol. The van der Waals surface area contributed by atoms with Gasteiger partial charge >= 0.3 is 0 Å². The first-order chi connectivity index (χ1) is 13.6. The summed E-state index contributed by atoms with van der Waals surface area (Å²) in [4.78, 5) is 25.7. The average Bonchev–Trinajstić information content (AvgIpc) is 2.87. The zero-order valence-corrected chi connectivity index (χ0v) is 17.7. The molecule has 1 unspecified atom stereocenters. The molecule has 6 heteroatoms. The minimum atomic E-state index is -1.13. The lowest BCUT2D eigenvalue weighted by molar-refractivity contribution is 0.0386. The van der Waals surface area contributed by atoms with Crippen LogP contribution in [-0.2, 0) is 0 Å². The van der Waals surface area contributed by atoms with E-state index in [1.54, 1.807) is 31.2 Å². The van der Waals surface area contributed by atoms with Crippen molar-refractivity contribution in [2.45, 2.75) is 47.2 Å². The zero-order chi connectivity index (χ0) is 21.4. The molecule has 0 spiro atoms. The summed E-state index contributed by atoms with van der Waals surface area (Å²) in [5.74, 6) is -0.728. The van der Waals surface area contributed by atoms with Crippen molar-refractivity contribution in [3.8, 4) is 0 Å². The topological polar surface area (TPSA) is 74.5 Å². The maximum Gasteiger partial charge on any atom is 0.295 e. The highest BCUT2D eigenvalue weighted by Gasteiger charge is 2.55. The van der Waals surface area contributed by atoms with Gasteiger partial charge in [0.2, 0.25) is 0 Å². The second-order valence-corrected chi connectivity index (χ2v) is 8.19. The van der Waals surface area contributed by atoms with E-state index < -0.39 is 17.0 Å². The van der Waals surface area contributed by atoms with Crippen LogP contribution in [0.3, 0.4) is 0 Å². The van der Waals surface area contributed by atoms with Crippen LogP contribution in [0, 0.1) is 19.3 Å². The molecule has 0 saturated carbocycles. The largest absolute Gasteiger partial charge is 0.295 e. The van der Waals surface area contributed by atoms with Crippen molar-refractivity contribution in [2.75, 3.05) is 0 Å². The number of azo groups is 1. The van der Waals surface area contributed by atoms with Crippen LogP contribution in [-0.4, -0.2) is 28.2 Å². The lowest BCUT2D eigenvalue weighted by atomic mass is 9.77. The van der Waals surface area contributed by atoms with Gasteiger partial charge in [-0.05, 0) is 52.0 Å². The number of carbonyl (C=O) groups is 2. The van der Waals surface area contributed by atoms with E-state index in [9.17, 15) is 9.59 Å². The number of rotatable bonds is 3. The minimum absolute atomic E-state index is 0.279. The molecule has 3 rings (SSSR count). The lowest BCUT2D eigenvalue weighted by Gasteiger charge is -2.37. The fraction of sp³-hybridized carbons (Fsp3) is 0.348. The Balaban J connectivity index is 1.96. The molecule has 1 aliphatic rings. The highest BCUT2D eigenvalue weighted by molar-refractivity contribution is 6.00. The molecule has 1 aliphatic heterocycles. The van der Waals surface area contributed by atoms with E-state index >= 15 is 0 Å². The molecule has 150 valence electrons. The summed E-state index contributed by atoms with van der Waals surface area (Å²) in [6, 6.07) is 14.4. The number of hydrogen-bond donors (Lipinski definition) is 0. The fourth-order valence-corrected chi connectivity index (χ4v) is 3.11. The Bertz CT molecular complexity index is 1000. The first-order valence-electron chi connectivity index (χ1n) is 9.57. The summed E-state index contributed by atoms with van der Waals surface area (Å²) in [6.45, 7) is 11.5. The molecule has 6 nitrogen and oxygen atoms in total. The van der Waals surface area contributed by atoms with Gasteiger partial charge in [0.05, 0.1) is 5.41 Å². The molecule has 29 heavy (non-hydrogen) atoms. The van der Waals surface area contributed by atoms with Crippen LogP contribution in [0.4, 0.5) is 0 Å². The molecule has 0 saturated heterocycles. The monoisotopic (exact) mass is 390 g/mol. The van der Waals surface area contributed by atoms with Crippen LogP contribution in [0.2, 0.25) is 0 Å². The molecule has 0 aliphatic carbocycles. The Hall–Kier alpha value is -3.15. The number of hydrogen-bond acceptors (Lipinski definition) is 4. The van der Waals surface area contributed by atoms with Crippen molar-refractivity contribution in [1.29, 1.82) is 0 Å². The number of amides is 2. The third-order valence-electron chi connectivity index (χ3n) is 5.88. The fourth-order valence-electron chi connectivity index (χ4n) is 3.11. The van der Waals surface area contributed by atoms with Crippen molar-refractivity contribution in [1.82, 2.24) is 5.01 Å². The highest BCUT2D eigenvalue weighted by Crippen LogP contribution is 2.45. The molecule has 0 aromatic heterocycles. The van der Waals surface area contributed by atoms with Crippen LogP contribution in [0.25, 0.3) is 0 Å². The van der Waals surface area contributed by atoms with E-state index in [0.29, 0.717) is 11.1 Å². The Morgan fingerprint density at radius 2 is 1.31 bits per heavy atom. The molecule has 0 fully saturated rings. The van der Waals surface area contributed by atoms with Gasteiger partial charge in [-0.15, -0.1) is 5.11 Å². The number of hydrazone groups is 1. The summed E-state index contributed by atoms with van der Waals surface area (Å²) in [7, 11) is 0. The van der Waals surface area contributed by atoms with Crippen molar-refractivity contribution < 1.29 is 9.59 Å². The Morgan fingerprint density at radius 3 is 1.83 bits per heavy atom. The first-order valence-corrected chi connectivity index (χ1v) is 9.57. The van der Waals surface area contributed by atoms with E-state index in [1.165, 1.54) is 5.01 Å². The quantitative estimate of drug-likeness (QED) is 0.678. The highest BCUT2D eigenvalue weighted by atomic mass is 16.2. The van der Waals surface area contributed by atoms with Crippen LogP contribution < -0.4 is 0 Å². The van der Waals surface area contributed by atoms with Gasteiger partial charge in [-0.2, -0.15) is 15.2 Å². The third-order valence-corrected chi connectivity index (χ3v) is 5.88. The SMILES string of the molecule is CC1=NN(C(=O)c2ccc(C)cc2)C(C)(N=NC(=O)c2ccc(C)cc2)C1(C)C. The molecule has 2 aromatic rings. The summed E-state index contributed by atoms with van der Waals surface area (Å²) in [6.07, 6.45) is 0. The second-order valence-electron chi connectivity index (χ2n) is 8.19. The third kappa shape index (κ3) is 3.62. The van der Waals surface area contributed by atoms with Gasteiger partial charge in [0, 0.05) is 16.8 Å². The molecule has 1 heterocycles. The van der Waals surface area contributed by atoms with E-state index in [2.05, 4.69) is 15.3 Å². The maximum atomic E-state index is 13.2. The number of benzene rings is 2. The molecule has 2 amide bonds. The van der Waals surface area contributed by atoms with E-state index in [-0.39, 0.29) is 5.91 Å². The van der Waals surface area contributed by atoms with Gasteiger partial charge in [-0.1, -0.05) is 49.2 Å². The smallest absolute Gasteiger partial charge is 0.267 e. The maximum absolute atomic E-state index is 13.2. The number of carbonyl (C=O) groups excluding carboxylic acids is 2. The zero-order valence-electron chi connectivity index (χ0n) is 17.7. The number of nitrogens with zero attached hydrogens (tertiary/aromatic N) is 4. The Kier molecular flexibility index (Phi) is 5.22. The van der Waals surface area contributed by atoms with Crippen LogP contribution in [0.15, 0.2) is 63.9 Å². The minimum Gasteiger partial charge on any atom is -0.267 e. The first kappa shape index (κ1) is 20.6. The van der Waals surface area contributed by atoms with Crippen molar-refractivity contribution >= 4 is 17.5 Å². The predicted octanol–water partition coefficient (Wildman–Crippen LogP) is 5.17. The van der Waals surface area contributed by atoms with Gasteiger partial charge in [0.25, 0.3) is 11.8 Å². The van der Waals surface area contributed by atoms with Crippen molar-refractivity contribution in [3.05, 3.63) is 70.8 Å². The van der Waals surface area contributed by atoms with Gasteiger partial charge in [0.1, 0.15) is 0 Å². The van der Waals surface area contributed by atoms with Gasteiger partial charge in [-0.25, -0.2) is 0 Å². The van der Waals surface area contributed by atoms with Crippen LogP contribution in [0.1, 0.15) is 59.5 Å². The Labute approximate surface area is 171 Å². The number of aryl methyl sites for hydroxylation is 2. The molecule has 0 N–H and O–H groups in total. The van der Waals surface area contributed by atoms with Crippen LogP contribution in [0.5, 0.6) is 0 Å². The summed E-state index contributed by atoms with van der Waals surface area (Å²) in [5, 5.41) is 14.2. The van der Waals surface area contributed by atoms with Gasteiger partial charge in [-0.3, -0.25) is 9.59 Å². The standard InChI is InChI=1S/C23H26N4O2/c1-15-7-11-18(12-8-15)20(28)24-26-23(6)22(4,5)17(3)25-27(23)21(29)19-13-9-16(2)10-14-19/h7-14H,1-6H3. The molecule has 2 aromatic carbocycles. The predicted molar refractivity (Wildman–Crippen MR) is 113 cm³/mol. The van der Waals surface area contributed by atoms with E-state index in [1.807, 2.05) is 58.9 Å². The van der Waals surface area contributed by atoms with Gasteiger partial charge < -0.3 is 0 Å².